The zero-order chi connectivity index (χ0) is 11.5. The van der Waals surface area contributed by atoms with Gasteiger partial charge in [-0.05, 0) is 25.1 Å². The first-order valence-corrected chi connectivity index (χ1v) is 5.17. The molecule has 15 heavy (non-hydrogen) atoms. The molecule has 0 atom stereocenters. The predicted molar refractivity (Wildman–Crippen MR) is 52.8 cm³/mol. The molecule has 0 bridgehead atoms. The average Bonchev–Trinajstić information content (AvgIpc) is 2.14. The first-order chi connectivity index (χ1) is 6.89. The Morgan fingerprint density at radius 3 is 2.60 bits per heavy atom. The van der Waals surface area contributed by atoms with Gasteiger partial charge in [0.1, 0.15) is 5.78 Å². The Balaban J connectivity index is 2.79. The standard InChI is InChI=1S/C10H9F3OS/c1-7(14)6-15-9-4-2-3-8(5-9)10(11,12)13/h2-5H,6H2,1H3. The number of halogens is 3. The van der Waals surface area contributed by atoms with E-state index >= 15 is 0 Å². The van der Waals surface area contributed by atoms with E-state index in [4.69, 9.17) is 0 Å². The van der Waals surface area contributed by atoms with Crippen molar-refractivity contribution in [2.45, 2.75) is 18.0 Å². The molecule has 0 saturated heterocycles. The Bertz CT molecular complexity index is 360. The normalized spacial score (nSPS) is 11.5. The van der Waals surface area contributed by atoms with E-state index in [0.29, 0.717) is 4.90 Å². The first kappa shape index (κ1) is 12.1. The quantitative estimate of drug-likeness (QED) is 0.746. The Morgan fingerprint density at radius 1 is 1.40 bits per heavy atom. The van der Waals surface area contributed by atoms with Gasteiger partial charge in [-0.2, -0.15) is 13.2 Å². The van der Waals surface area contributed by atoms with Gasteiger partial charge in [0.2, 0.25) is 0 Å². The summed E-state index contributed by atoms with van der Waals surface area (Å²) in [6.45, 7) is 1.40. The summed E-state index contributed by atoms with van der Waals surface area (Å²) in [6.07, 6.45) is -4.33. The average molecular weight is 234 g/mol. The van der Waals surface area contributed by atoms with Gasteiger partial charge in [0.15, 0.2) is 0 Å². The van der Waals surface area contributed by atoms with E-state index in [-0.39, 0.29) is 11.5 Å². The number of hydrogen-bond acceptors (Lipinski definition) is 2. The maximum atomic E-state index is 12.3. The Kier molecular flexibility index (Phi) is 3.79. The van der Waals surface area contributed by atoms with Crippen molar-refractivity contribution in [3.63, 3.8) is 0 Å². The fourth-order valence-electron chi connectivity index (χ4n) is 0.947. The Hall–Kier alpha value is -0.970. The summed E-state index contributed by atoms with van der Waals surface area (Å²) in [5, 5.41) is 0. The predicted octanol–water partition coefficient (Wildman–Crippen LogP) is 3.39. The molecule has 0 saturated carbocycles. The van der Waals surface area contributed by atoms with Gasteiger partial charge in [0.25, 0.3) is 0 Å². The van der Waals surface area contributed by atoms with Crippen LogP contribution in [0.4, 0.5) is 13.2 Å². The van der Waals surface area contributed by atoms with Crippen molar-refractivity contribution in [2.75, 3.05) is 5.75 Å². The van der Waals surface area contributed by atoms with Gasteiger partial charge in [0, 0.05) is 4.90 Å². The monoisotopic (exact) mass is 234 g/mol. The molecule has 1 rings (SSSR count). The summed E-state index contributed by atoms with van der Waals surface area (Å²) in [6, 6.07) is 4.96. The zero-order valence-corrected chi connectivity index (χ0v) is 8.78. The smallest absolute Gasteiger partial charge is 0.299 e. The molecule has 0 aliphatic rings. The highest BCUT2D eigenvalue weighted by molar-refractivity contribution is 8.00. The van der Waals surface area contributed by atoms with Crippen LogP contribution in [0.25, 0.3) is 0 Å². The maximum Gasteiger partial charge on any atom is 0.416 e. The van der Waals surface area contributed by atoms with Crippen LogP contribution in [0.2, 0.25) is 0 Å². The molecule has 0 aliphatic carbocycles. The zero-order valence-electron chi connectivity index (χ0n) is 7.97. The van der Waals surface area contributed by atoms with Crippen LogP contribution in [0.15, 0.2) is 29.2 Å². The fourth-order valence-corrected chi connectivity index (χ4v) is 1.70. The lowest BCUT2D eigenvalue weighted by atomic mass is 10.2. The lowest BCUT2D eigenvalue weighted by Gasteiger charge is -2.07. The summed E-state index contributed by atoms with van der Waals surface area (Å²) in [5.41, 5.74) is -0.684. The number of hydrogen-bond donors (Lipinski definition) is 0. The van der Waals surface area contributed by atoms with Gasteiger partial charge in [-0.3, -0.25) is 4.79 Å². The highest BCUT2D eigenvalue weighted by Crippen LogP contribution is 2.31. The van der Waals surface area contributed by atoms with Crippen molar-refractivity contribution in [1.29, 1.82) is 0 Å². The molecule has 0 fully saturated rings. The minimum atomic E-state index is -4.33. The highest BCUT2D eigenvalue weighted by Gasteiger charge is 2.30. The van der Waals surface area contributed by atoms with Crippen LogP contribution in [0, 0.1) is 0 Å². The third-order valence-electron chi connectivity index (χ3n) is 1.60. The second kappa shape index (κ2) is 4.70. The number of benzene rings is 1. The summed E-state index contributed by atoms with van der Waals surface area (Å²) < 4.78 is 36.9. The minimum absolute atomic E-state index is 0.0580. The molecule has 1 aromatic carbocycles. The van der Waals surface area contributed by atoms with Crippen LogP contribution in [0.5, 0.6) is 0 Å². The Morgan fingerprint density at radius 2 is 2.07 bits per heavy atom. The van der Waals surface area contributed by atoms with Crippen LogP contribution in [0.1, 0.15) is 12.5 Å². The molecule has 0 N–H and O–H groups in total. The third-order valence-corrected chi connectivity index (χ3v) is 2.74. The van der Waals surface area contributed by atoms with E-state index in [1.54, 1.807) is 6.07 Å². The molecule has 82 valence electrons. The first-order valence-electron chi connectivity index (χ1n) is 4.19. The van der Waals surface area contributed by atoms with Gasteiger partial charge in [-0.15, -0.1) is 11.8 Å². The van der Waals surface area contributed by atoms with E-state index in [2.05, 4.69) is 0 Å². The molecule has 0 radical (unpaired) electrons. The lowest BCUT2D eigenvalue weighted by Crippen LogP contribution is -2.04. The van der Waals surface area contributed by atoms with E-state index in [1.807, 2.05) is 0 Å². The molecule has 0 spiro atoms. The number of alkyl halides is 3. The Labute approximate surface area is 89.7 Å². The molecule has 0 aliphatic heterocycles. The number of thioether (sulfide) groups is 1. The second-order valence-electron chi connectivity index (χ2n) is 3.02. The van der Waals surface area contributed by atoms with Gasteiger partial charge >= 0.3 is 6.18 Å². The van der Waals surface area contributed by atoms with Crippen molar-refractivity contribution in [3.8, 4) is 0 Å². The van der Waals surface area contributed by atoms with Gasteiger partial charge in [-0.1, -0.05) is 6.07 Å². The molecular formula is C10H9F3OS. The van der Waals surface area contributed by atoms with Gasteiger partial charge in [-0.25, -0.2) is 0 Å². The van der Waals surface area contributed by atoms with Crippen LogP contribution in [0.3, 0.4) is 0 Å². The number of carbonyl (C=O) groups excluding carboxylic acids is 1. The van der Waals surface area contributed by atoms with Crippen LogP contribution >= 0.6 is 11.8 Å². The molecule has 0 unspecified atom stereocenters. The number of carbonyl (C=O) groups is 1. The molecule has 1 aromatic rings. The highest BCUT2D eigenvalue weighted by atomic mass is 32.2. The van der Waals surface area contributed by atoms with E-state index < -0.39 is 11.7 Å². The van der Waals surface area contributed by atoms with E-state index in [0.717, 1.165) is 23.9 Å². The molecule has 0 heterocycles. The molecular weight excluding hydrogens is 225 g/mol. The number of Topliss-reactive ketones (excluding diaryl/α,β-unsaturated/α-hetero) is 1. The largest absolute Gasteiger partial charge is 0.416 e. The van der Waals surface area contributed by atoms with Gasteiger partial charge < -0.3 is 0 Å². The summed E-state index contributed by atoms with van der Waals surface area (Å²) >= 11 is 1.11. The van der Waals surface area contributed by atoms with Crippen molar-refractivity contribution < 1.29 is 18.0 Å². The number of ketones is 1. The van der Waals surface area contributed by atoms with Crippen LogP contribution in [-0.4, -0.2) is 11.5 Å². The van der Waals surface area contributed by atoms with Crippen LogP contribution < -0.4 is 0 Å². The SMILES string of the molecule is CC(=O)CSc1cccc(C(F)(F)F)c1. The maximum absolute atomic E-state index is 12.3. The van der Waals surface area contributed by atoms with Crippen LogP contribution in [-0.2, 0) is 11.0 Å². The van der Waals surface area contributed by atoms with Crippen molar-refractivity contribution in [1.82, 2.24) is 0 Å². The van der Waals surface area contributed by atoms with E-state index in [9.17, 15) is 18.0 Å². The minimum Gasteiger partial charge on any atom is -0.299 e. The van der Waals surface area contributed by atoms with Crippen molar-refractivity contribution >= 4 is 17.5 Å². The lowest BCUT2D eigenvalue weighted by molar-refractivity contribution is -0.137. The summed E-state index contributed by atoms with van der Waals surface area (Å²) in [5.74, 6) is 0.138. The molecule has 0 aromatic heterocycles. The molecule has 5 heteroatoms. The fraction of sp³-hybridized carbons (Fsp3) is 0.300. The second-order valence-corrected chi connectivity index (χ2v) is 4.07. The van der Waals surface area contributed by atoms with E-state index in [1.165, 1.54) is 13.0 Å². The summed E-state index contributed by atoms with van der Waals surface area (Å²) in [7, 11) is 0. The molecule has 0 amide bonds. The molecule has 1 nitrogen and oxygen atoms in total. The van der Waals surface area contributed by atoms with Crippen molar-refractivity contribution in [3.05, 3.63) is 29.8 Å². The number of rotatable bonds is 3. The third kappa shape index (κ3) is 3.95. The topological polar surface area (TPSA) is 17.1 Å². The van der Waals surface area contributed by atoms with Crippen molar-refractivity contribution in [2.24, 2.45) is 0 Å². The summed E-state index contributed by atoms with van der Waals surface area (Å²) in [4.78, 5) is 11.1. The van der Waals surface area contributed by atoms with Gasteiger partial charge in [0.05, 0.1) is 11.3 Å².